The van der Waals surface area contributed by atoms with Gasteiger partial charge in [-0.05, 0) is 42.7 Å². The Morgan fingerprint density at radius 1 is 1.08 bits per heavy atom. The first-order chi connectivity index (χ1) is 12.5. The molecule has 1 aliphatic rings. The first kappa shape index (κ1) is 18.2. The molecule has 0 radical (unpaired) electrons. The number of nitrogens with zero attached hydrogens (tertiary/aromatic N) is 4. The van der Waals surface area contributed by atoms with Crippen LogP contribution in [0.15, 0.2) is 36.4 Å². The van der Waals surface area contributed by atoms with Crippen molar-refractivity contribution in [1.82, 2.24) is 15.5 Å². The summed E-state index contributed by atoms with van der Waals surface area (Å²) in [6.07, 6.45) is 0. The Morgan fingerprint density at radius 3 is 2.42 bits per heavy atom. The number of hydrogen-bond donors (Lipinski definition) is 1. The molecule has 138 valence electrons. The first-order valence-electron chi connectivity index (χ1n) is 9.21. The topological polar surface area (TPSA) is 61.4 Å². The maximum Gasteiger partial charge on any atom is 0.271 e. The van der Waals surface area contributed by atoms with E-state index < -0.39 is 0 Å². The Bertz CT molecular complexity index is 736. The maximum absolute atomic E-state index is 12.0. The Kier molecular flexibility index (Phi) is 5.71. The van der Waals surface area contributed by atoms with Gasteiger partial charge in [-0.3, -0.25) is 4.79 Å². The molecular formula is C20H27N5O. The summed E-state index contributed by atoms with van der Waals surface area (Å²) in [5.41, 5.74) is 2.92. The van der Waals surface area contributed by atoms with Crippen molar-refractivity contribution < 1.29 is 4.79 Å². The highest BCUT2D eigenvalue weighted by atomic mass is 16.1. The van der Waals surface area contributed by atoms with Crippen LogP contribution in [0.25, 0.3) is 0 Å². The fourth-order valence-corrected chi connectivity index (χ4v) is 3.02. The molecule has 1 aromatic heterocycles. The molecule has 2 heterocycles. The normalized spacial score (nSPS) is 14.6. The third kappa shape index (κ3) is 4.50. The number of benzene rings is 1. The van der Waals surface area contributed by atoms with E-state index in [4.69, 9.17) is 0 Å². The lowest BCUT2D eigenvalue weighted by molar-refractivity contribution is 0.0943. The number of piperazine rings is 1. The number of hydrogen-bond acceptors (Lipinski definition) is 5. The summed E-state index contributed by atoms with van der Waals surface area (Å²) >= 11 is 0. The molecule has 3 rings (SSSR count). The number of nitrogens with one attached hydrogen (secondary N) is 1. The lowest BCUT2D eigenvalue weighted by Gasteiger charge is -2.36. The van der Waals surface area contributed by atoms with Gasteiger partial charge < -0.3 is 15.1 Å². The van der Waals surface area contributed by atoms with E-state index in [9.17, 15) is 4.79 Å². The summed E-state index contributed by atoms with van der Waals surface area (Å²) in [4.78, 5) is 16.6. The van der Waals surface area contributed by atoms with Crippen molar-refractivity contribution >= 4 is 17.4 Å². The lowest BCUT2D eigenvalue weighted by Crippen LogP contribution is -2.47. The van der Waals surface area contributed by atoms with E-state index in [1.807, 2.05) is 6.07 Å². The van der Waals surface area contributed by atoms with Crippen LogP contribution in [0.2, 0.25) is 0 Å². The largest absolute Gasteiger partial charge is 0.368 e. The van der Waals surface area contributed by atoms with Crippen molar-refractivity contribution in [3.63, 3.8) is 0 Å². The number of aryl methyl sites for hydroxylation is 1. The van der Waals surface area contributed by atoms with Gasteiger partial charge in [-0.2, -0.15) is 0 Å². The highest BCUT2D eigenvalue weighted by Crippen LogP contribution is 2.20. The van der Waals surface area contributed by atoms with Crippen molar-refractivity contribution in [3.05, 3.63) is 47.7 Å². The fourth-order valence-electron chi connectivity index (χ4n) is 3.02. The summed E-state index contributed by atoms with van der Waals surface area (Å²) in [6, 6.07) is 12.2. The van der Waals surface area contributed by atoms with Gasteiger partial charge in [-0.1, -0.05) is 26.0 Å². The molecule has 0 bridgehead atoms. The second-order valence-corrected chi connectivity index (χ2v) is 7.19. The smallest absolute Gasteiger partial charge is 0.271 e. The van der Waals surface area contributed by atoms with Gasteiger partial charge in [0.05, 0.1) is 0 Å². The van der Waals surface area contributed by atoms with Crippen molar-refractivity contribution in [2.75, 3.05) is 42.5 Å². The molecule has 0 atom stereocenters. The molecule has 0 saturated carbocycles. The zero-order valence-electron chi connectivity index (χ0n) is 15.8. The van der Waals surface area contributed by atoms with Gasteiger partial charge in [-0.15, -0.1) is 10.2 Å². The van der Waals surface area contributed by atoms with E-state index in [2.05, 4.69) is 70.4 Å². The Hall–Kier alpha value is -2.63. The molecule has 1 aliphatic heterocycles. The highest BCUT2D eigenvalue weighted by Gasteiger charge is 2.19. The molecule has 1 fully saturated rings. The monoisotopic (exact) mass is 353 g/mol. The third-order valence-corrected chi connectivity index (χ3v) is 4.52. The molecule has 0 unspecified atom stereocenters. The van der Waals surface area contributed by atoms with Crippen LogP contribution in [0, 0.1) is 12.8 Å². The van der Waals surface area contributed by atoms with E-state index in [0.29, 0.717) is 18.2 Å². The third-order valence-electron chi connectivity index (χ3n) is 4.52. The number of amides is 1. The molecule has 6 nitrogen and oxygen atoms in total. The second kappa shape index (κ2) is 8.17. The van der Waals surface area contributed by atoms with Crippen molar-refractivity contribution in [1.29, 1.82) is 0 Å². The molecule has 1 saturated heterocycles. The van der Waals surface area contributed by atoms with E-state index in [1.54, 1.807) is 6.07 Å². The summed E-state index contributed by atoms with van der Waals surface area (Å²) in [5.74, 6) is 1.08. The van der Waals surface area contributed by atoms with Crippen molar-refractivity contribution in [2.45, 2.75) is 20.8 Å². The average molecular weight is 353 g/mol. The van der Waals surface area contributed by atoms with E-state index >= 15 is 0 Å². The van der Waals surface area contributed by atoms with Gasteiger partial charge in [0.25, 0.3) is 5.91 Å². The minimum atomic E-state index is -0.165. The van der Waals surface area contributed by atoms with Crippen LogP contribution in [0.3, 0.4) is 0 Å². The van der Waals surface area contributed by atoms with Gasteiger partial charge >= 0.3 is 0 Å². The van der Waals surface area contributed by atoms with E-state index in [1.165, 1.54) is 11.3 Å². The van der Waals surface area contributed by atoms with Gasteiger partial charge in [0.1, 0.15) is 0 Å². The first-order valence-corrected chi connectivity index (χ1v) is 9.21. The molecule has 6 heteroatoms. The molecule has 1 amide bonds. The van der Waals surface area contributed by atoms with Crippen LogP contribution in [-0.2, 0) is 0 Å². The summed E-state index contributed by atoms with van der Waals surface area (Å²) < 4.78 is 0. The zero-order chi connectivity index (χ0) is 18.5. The van der Waals surface area contributed by atoms with Crippen LogP contribution in [0.5, 0.6) is 0 Å². The van der Waals surface area contributed by atoms with Gasteiger partial charge in [0, 0.05) is 38.4 Å². The van der Waals surface area contributed by atoms with Crippen molar-refractivity contribution in [3.8, 4) is 0 Å². The maximum atomic E-state index is 12.0. The molecule has 0 spiro atoms. The standard InChI is InChI=1S/C20H27N5O/c1-15(2)14-21-20(26)18-7-8-19(23-22-18)25-11-9-24(10-12-25)17-6-4-5-16(3)13-17/h4-8,13,15H,9-12,14H2,1-3H3,(H,21,26). The molecule has 1 aromatic carbocycles. The SMILES string of the molecule is Cc1cccc(N2CCN(c3ccc(C(=O)NCC(C)C)nn3)CC2)c1. The second-order valence-electron chi connectivity index (χ2n) is 7.19. The molecular weight excluding hydrogens is 326 g/mol. The predicted molar refractivity (Wildman–Crippen MR) is 105 cm³/mol. The number of rotatable bonds is 5. The minimum absolute atomic E-state index is 0.165. The van der Waals surface area contributed by atoms with Gasteiger partial charge in [0.15, 0.2) is 11.5 Å². The number of anilines is 2. The number of carbonyl (C=O) groups excluding carboxylic acids is 1. The summed E-state index contributed by atoms with van der Waals surface area (Å²) in [7, 11) is 0. The fraction of sp³-hybridized carbons (Fsp3) is 0.450. The predicted octanol–water partition coefficient (Wildman–Crippen LogP) is 2.50. The van der Waals surface area contributed by atoms with Crippen LogP contribution < -0.4 is 15.1 Å². The molecule has 1 N–H and O–H groups in total. The Morgan fingerprint density at radius 2 is 1.81 bits per heavy atom. The summed E-state index contributed by atoms with van der Waals surface area (Å²) in [6.45, 7) is 10.6. The van der Waals surface area contributed by atoms with Crippen LogP contribution in [0.4, 0.5) is 11.5 Å². The molecule has 2 aromatic rings. The van der Waals surface area contributed by atoms with Crippen LogP contribution in [-0.4, -0.2) is 48.8 Å². The Labute approximate surface area is 155 Å². The number of carbonyl (C=O) groups is 1. The summed E-state index contributed by atoms with van der Waals surface area (Å²) in [5, 5.41) is 11.2. The quantitative estimate of drug-likeness (QED) is 0.895. The lowest BCUT2D eigenvalue weighted by atomic mass is 10.2. The van der Waals surface area contributed by atoms with Gasteiger partial charge in [-0.25, -0.2) is 0 Å². The van der Waals surface area contributed by atoms with Crippen LogP contribution >= 0.6 is 0 Å². The minimum Gasteiger partial charge on any atom is -0.368 e. The molecule has 26 heavy (non-hydrogen) atoms. The Balaban J connectivity index is 1.57. The number of aromatic nitrogens is 2. The van der Waals surface area contributed by atoms with Crippen LogP contribution in [0.1, 0.15) is 29.9 Å². The van der Waals surface area contributed by atoms with E-state index in [0.717, 1.165) is 32.0 Å². The average Bonchev–Trinajstić information content (AvgIpc) is 2.66. The molecule has 0 aliphatic carbocycles. The highest BCUT2D eigenvalue weighted by molar-refractivity contribution is 5.92. The zero-order valence-corrected chi connectivity index (χ0v) is 15.8. The van der Waals surface area contributed by atoms with Crippen molar-refractivity contribution in [2.24, 2.45) is 5.92 Å². The van der Waals surface area contributed by atoms with E-state index in [-0.39, 0.29) is 5.91 Å². The van der Waals surface area contributed by atoms with Gasteiger partial charge in [0.2, 0.25) is 0 Å².